The minimum absolute atomic E-state index is 0.0803. The second kappa shape index (κ2) is 10.5. The maximum absolute atomic E-state index is 13.6. The molecule has 2 amide bonds. The highest BCUT2D eigenvalue weighted by Crippen LogP contribution is 2.31. The molecule has 1 unspecified atom stereocenters. The van der Waals surface area contributed by atoms with Crippen molar-refractivity contribution >= 4 is 27.5 Å². The van der Waals surface area contributed by atoms with Crippen molar-refractivity contribution in [2.75, 3.05) is 24.6 Å². The van der Waals surface area contributed by atoms with Crippen LogP contribution in [0.5, 0.6) is 5.75 Å². The average Bonchev–Trinajstić information content (AvgIpc) is 3.01. The van der Waals surface area contributed by atoms with Crippen molar-refractivity contribution in [3.63, 3.8) is 0 Å². The van der Waals surface area contributed by atoms with E-state index < -0.39 is 27.9 Å². The normalized spacial score (nSPS) is 16.1. The lowest BCUT2D eigenvalue weighted by Crippen LogP contribution is -2.54. The van der Waals surface area contributed by atoms with Gasteiger partial charge in [-0.1, -0.05) is 24.1 Å². The van der Waals surface area contributed by atoms with E-state index in [-0.39, 0.29) is 31.1 Å². The number of benzene rings is 2. The summed E-state index contributed by atoms with van der Waals surface area (Å²) < 4.78 is 33.5. The minimum Gasteiger partial charge on any atom is -0.481 e. The first-order valence-electron chi connectivity index (χ1n) is 10.00. The van der Waals surface area contributed by atoms with Gasteiger partial charge in [0.1, 0.15) is 18.4 Å². The molecule has 0 saturated carbocycles. The van der Waals surface area contributed by atoms with E-state index in [1.807, 2.05) is 0 Å². The van der Waals surface area contributed by atoms with Gasteiger partial charge in [0.15, 0.2) is 0 Å². The Labute approximate surface area is 191 Å². The molecular weight excluding hydrogens is 448 g/mol. The summed E-state index contributed by atoms with van der Waals surface area (Å²) in [5.41, 5.74) is 8.01. The number of nitrogens with two attached hydrogens (primary N) is 1. The molecule has 0 aromatic heterocycles. The lowest BCUT2D eigenvalue weighted by Gasteiger charge is -2.29. The number of carbonyl (C=O) groups is 2. The summed E-state index contributed by atoms with van der Waals surface area (Å²) in [6, 6.07) is 11.0. The van der Waals surface area contributed by atoms with Gasteiger partial charge in [0, 0.05) is 12.2 Å². The number of ether oxygens (including phenoxy) is 1. The molecule has 2 aromatic rings. The van der Waals surface area contributed by atoms with E-state index in [0.29, 0.717) is 17.0 Å². The van der Waals surface area contributed by atoms with Crippen LogP contribution < -0.4 is 20.9 Å². The monoisotopic (exact) mass is 472 g/mol. The van der Waals surface area contributed by atoms with Gasteiger partial charge in [-0.2, -0.15) is 4.31 Å². The fraction of sp³-hybridized carbons (Fsp3) is 0.273. The number of hydrogen-bond donors (Lipinski definition) is 3. The van der Waals surface area contributed by atoms with Gasteiger partial charge in [-0.05, 0) is 42.8 Å². The highest BCUT2D eigenvalue weighted by atomic mass is 32.2. The third kappa shape index (κ3) is 5.15. The first-order chi connectivity index (χ1) is 15.8. The number of hydrogen-bond acceptors (Lipinski definition) is 7. The number of anilines is 1. The Morgan fingerprint density at radius 3 is 2.55 bits per heavy atom. The summed E-state index contributed by atoms with van der Waals surface area (Å²) in [5.74, 6) is 4.41. The second-order valence-electron chi connectivity index (χ2n) is 7.07. The van der Waals surface area contributed by atoms with Gasteiger partial charge in [-0.25, -0.2) is 13.9 Å². The van der Waals surface area contributed by atoms with E-state index in [1.165, 1.54) is 34.6 Å². The van der Waals surface area contributed by atoms with Crippen molar-refractivity contribution < 1.29 is 28.0 Å². The summed E-state index contributed by atoms with van der Waals surface area (Å²) in [7, 11) is -4.22. The number of amides is 2. The van der Waals surface area contributed by atoms with Crippen molar-refractivity contribution in [1.29, 1.82) is 0 Å². The predicted octanol–water partition coefficient (Wildman–Crippen LogP) is 0.459. The van der Waals surface area contributed by atoms with Crippen LogP contribution in [-0.2, 0) is 26.2 Å². The van der Waals surface area contributed by atoms with E-state index in [1.54, 1.807) is 31.2 Å². The zero-order valence-electron chi connectivity index (χ0n) is 17.9. The SMILES string of the molecule is CC#CCOc1ccc(S(=O)(=O)N2Cc3ccccc3N(C(=O)CN)CC2C(=O)NO)cc1. The number of para-hydroxylation sites is 1. The molecule has 0 spiro atoms. The zero-order valence-corrected chi connectivity index (χ0v) is 18.7. The van der Waals surface area contributed by atoms with Gasteiger partial charge in [0.05, 0.1) is 18.0 Å². The van der Waals surface area contributed by atoms with Crippen molar-refractivity contribution in [2.24, 2.45) is 5.73 Å². The molecule has 0 bridgehead atoms. The Morgan fingerprint density at radius 1 is 1.21 bits per heavy atom. The molecule has 4 N–H and O–H groups in total. The van der Waals surface area contributed by atoms with Crippen LogP contribution in [0.2, 0.25) is 0 Å². The quantitative estimate of drug-likeness (QED) is 0.315. The van der Waals surface area contributed by atoms with Crippen LogP contribution in [0.4, 0.5) is 5.69 Å². The van der Waals surface area contributed by atoms with Crippen molar-refractivity contribution in [3.8, 4) is 17.6 Å². The van der Waals surface area contributed by atoms with Gasteiger partial charge < -0.3 is 15.4 Å². The molecule has 1 aliphatic heterocycles. The van der Waals surface area contributed by atoms with Gasteiger partial charge in [-0.3, -0.25) is 14.8 Å². The Bertz CT molecular complexity index is 1190. The Hall–Kier alpha value is -3.43. The lowest BCUT2D eigenvalue weighted by atomic mass is 10.1. The van der Waals surface area contributed by atoms with Crippen molar-refractivity contribution in [3.05, 3.63) is 54.1 Å². The number of fused-ring (bicyclic) bond motifs is 1. The van der Waals surface area contributed by atoms with E-state index in [4.69, 9.17) is 10.5 Å². The molecule has 0 aliphatic carbocycles. The molecule has 0 saturated heterocycles. The average molecular weight is 473 g/mol. The van der Waals surface area contributed by atoms with Crippen LogP contribution in [0.25, 0.3) is 0 Å². The highest BCUT2D eigenvalue weighted by molar-refractivity contribution is 7.89. The molecule has 174 valence electrons. The molecular formula is C22H24N4O6S. The number of rotatable bonds is 6. The summed E-state index contributed by atoms with van der Waals surface area (Å²) in [6.07, 6.45) is 0. The third-order valence-electron chi connectivity index (χ3n) is 5.12. The van der Waals surface area contributed by atoms with Crippen molar-refractivity contribution in [2.45, 2.75) is 24.4 Å². The van der Waals surface area contributed by atoms with Crippen LogP contribution in [0.15, 0.2) is 53.4 Å². The van der Waals surface area contributed by atoms with Gasteiger partial charge in [-0.15, -0.1) is 5.92 Å². The maximum atomic E-state index is 13.6. The Balaban J connectivity index is 2.03. The van der Waals surface area contributed by atoms with Gasteiger partial charge in [0.2, 0.25) is 15.9 Å². The smallest absolute Gasteiger partial charge is 0.263 e. The molecule has 1 aliphatic rings. The van der Waals surface area contributed by atoms with Crippen LogP contribution in [0.1, 0.15) is 12.5 Å². The summed E-state index contributed by atoms with van der Waals surface area (Å²) in [6.45, 7) is 0.984. The second-order valence-corrected chi connectivity index (χ2v) is 8.96. The first kappa shape index (κ1) is 24.2. The minimum atomic E-state index is -4.22. The summed E-state index contributed by atoms with van der Waals surface area (Å²) in [4.78, 5) is 26.3. The molecule has 0 fully saturated rings. The standard InChI is InChI=1S/C22H24N4O6S/c1-2-3-12-32-17-8-10-18(11-9-17)33(30,31)26-14-16-6-4-5-7-19(16)25(21(27)13-23)15-20(26)22(28)24-29/h4-11,20,29H,12-15,23H2,1H3,(H,24,28). The number of nitrogens with one attached hydrogen (secondary N) is 1. The molecule has 11 heteroatoms. The fourth-order valence-electron chi connectivity index (χ4n) is 3.47. The summed E-state index contributed by atoms with van der Waals surface area (Å²) in [5, 5.41) is 9.29. The lowest BCUT2D eigenvalue weighted by molar-refractivity contribution is -0.133. The van der Waals surface area contributed by atoms with Crippen LogP contribution >= 0.6 is 0 Å². The molecule has 0 radical (unpaired) electrons. The number of nitrogens with zero attached hydrogens (tertiary/aromatic N) is 2. The molecule has 1 heterocycles. The van der Waals surface area contributed by atoms with Crippen LogP contribution in [0.3, 0.4) is 0 Å². The Kier molecular flexibility index (Phi) is 7.67. The number of sulfonamides is 1. The zero-order chi connectivity index (χ0) is 24.0. The van der Waals surface area contributed by atoms with Crippen LogP contribution in [0, 0.1) is 11.8 Å². The van der Waals surface area contributed by atoms with Gasteiger partial charge in [0.25, 0.3) is 5.91 Å². The third-order valence-corrected chi connectivity index (χ3v) is 6.99. The van der Waals surface area contributed by atoms with E-state index >= 15 is 0 Å². The van der Waals surface area contributed by atoms with Crippen molar-refractivity contribution in [1.82, 2.24) is 9.79 Å². The van der Waals surface area contributed by atoms with E-state index in [0.717, 1.165) is 4.31 Å². The van der Waals surface area contributed by atoms with E-state index in [9.17, 15) is 23.2 Å². The molecule has 2 aromatic carbocycles. The molecule has 33 heavy (non-hydrogen) atoms. The van der Waals surface area contributed by atoms with Crippen LogP contribution in [-0.4, -0.2) is 55.5 Å². The summed E-state index contributed by atoms with van der Waals surface area (Å²) >= 11 is 0. The van der Waals surface area contributed by atoms with Gasteiger partial charge >= 0.3 is 0 Å². The van der Waals surface area contributed by atoms with E-state index in [2.05, 4.69) is 11.8 Å². The number of hydroxylamine groups is 1. The largest absolute Gasteiger partial charge is 0.481 e. The topological polar surface area (TPSA) is 142 Å². The Morgan fingerprint density at radius 2 is 1.91 bits per heavy atom. The predicted molar refractivity (Wildman–Crippen MR) is 120 cm³/mol. The highest BCUT2D eigenvalue weighted by Gasteiger charge is 2.41. The first-order valence-corrected chi connectivity index (χ1v) is 11.4. The molecule has 10 nitrogen and oxygen atoms in total. The maximum Gasteiger partial charge on any atom is 0.263 e. The number of carbonyl (C=O) groups excluding carboxylic acids is 2. The fourth-order valence-corrected chi connectivity index (χ4v) is 5.03. The molecule has 3 rings (SSSR count). The molecule has 1 atom stereocenters.